The smallest absolute Gasteiger partial charge is 0.0344 e. The molecule has 1 aliphatic heterocycles. The van der Waals surface area contributed by atoms with E-state index < -0.39 is 0 Å². The van der Waals surface area contributed by atoms with E-state index in [1.165, 1.54) is 42.3 Å². The summed E-state index contributed by atoms with van der Waals surface area (Å²) in [6, 6.07) is 15.3. The lowest BCUT2D eigenvalue weighted by atomic mass is 9.88. The normalized spacial score (nSPS) is 19.3. The molecule has 1 unspecified atom stereocenters. The Labute approximate surface area is 121 Å². The second-order valence-electron chi connectivity index (χ2n) is 6.21. The fraction of sp³-hybridized carbons (Fsp3) is 0.444. The summed E-state index contributed by atoms with van der Waals surface area (Å²) in [5.74, 6) is 0. The van der Waals surface area contributed by atoms with Gasteiger partial charge in [-0.2, -0.15) is 0 Å². The van der Waals surface area contributed by atoms with Crippen LogP contribution in [0.25, 0.3) is 10.8 Å². The summed E-state index contributed by atoms with van der Waals surface area (Å²) in [5, 5.41) is 2.69. The van der Waals surface area contributed by atoms with E-state index in [1.807, 2.05) is 0 Å². The number of benzene rings is 2. The quantitative estimate of drug-likeness (QED) is 0.922. The largest absolute Gasteiger partial charge is 0.329 e. The zero-order valence-corrected chi connectivity index (χ0v) is 12.3. The third kappa shape index (κ3) is 2.46. The van der Waals surface area contributed by atoms with Gasteiger partial charge in [-0.15, -0.1) is 0 Å². The Morgan fingerprint density at radius 3 is 2.50 bits per heavy atom. The molecule has 0 radical (unpaired) electrons. The molecule has 2 heteroatoms. The lowest BCUT2D eigenvalue weighted by molar-refractivity contribution is 0.143. The Balaban J connectivity index is 1.94. The topological polar surface area (TPSA) is 29.3 Å². The highest BCUT2D eigenvalue weighted by Crippen LogP contribution is 2.28. The summed E-state index contributed by atoms with van der Waals surface area (Å²) in [6.07, 6.45) is 3.65. The predicted octanol–water partition coefficient (Wildman–Crippen LogP) is 3.20. The molecule has 20 heavy (non-hydrogen) atoms. The maximum atomic E-state index is 6.14. The van der Waals surface area contributed by atoms with Gasteiger partial charge in [0, 0.05) is 12.1 Å². The van der Waals surface area contributed by atoms with Crippen LogP contribution < -0.4 is 5.73 Å². The van der Waals surface area contributed by atoms with Crippen LogP contribution in [-0.2, 0) is 6.42 Å². The number of rotatable bonds is 4. The lowest BCUT2D eigenvalue weighted by Crippen LogP contribution is -2.51. The maximum absolute atomic E-state index is 6.14. The van der Waals surface area contributed by atoms with Crippen molar-refractivity contribution in [3.05, 3.63) is 48.0 Å². The molecule has 1 fully saturated rings. The Hall–Kier alpha value is -1.38. The second kappa shape index (κ2) is 5.55. The number of likely N-dealkylation sites (tertiary alicyclic amines) is 1. The van der Waals surface area contributed by atoms with Crippen molar-refractivity contribution in [1.82, 2.24) is 4.90 Å². The van der Waals surface area contributed by atoms with E-state index in [0.717, 1.165) is 13.0 Å². The number of nitrogens with zero attached hydrogens (tertiary/aromatic N) is 1. The van der Waals surface area contributed by atoms with Crippen LogP contribution in [0.15, 0.2) is 42.5 Å². The van der Waals surface area contributed by atoms with Crippen LogP contribution in [0.4, 0.5) is 0 Å². The SMILES string of the molecule is CC(CN)(Cc1cccc2ccccc12)N1CCCC1. The van der Waals surface area contributed by atoms with E-state index in [0.29, 0.717) is 0 Å². The molecule has 2 aromatic rings. The molecule has 1 heterocycles. The number of hydrogen-bond donors (Lipinski definition) is 1. The van der Waals surface area contributed by atoms with E-state index in [4.69, 9.17) is 5.73 Å². The summed E-state index contributed by atoms with van der Waals surface area (Å²) in [7, 11) is 0. The van der Waals surface area contributed by atoms with Crippen LogP contribution in [0.5, 0.6) is 0 Å². The Kier molecular flexibility index (Phi) is 3.77. The summed E-state index contributed by atoms with van der Waals surface area (Å²) in [5.41, 5.74) is 7.64. The molecule has 0 aromatic heterocycles. The fourth-order valence-corrected chi connectivity index (χ4v) is 3.43. The molecule has 106 valence electrons. The van der Waals surface area contributed by atoms with E-state index in [9.17, 15) is 0 Å². The average Bonchev–Trinajstić information content (AvgIpc) is 3.02. The molecule has 2 nitrogen and oxygen atoms in total. The first-order chi connectivity index (χ1) is 9.73. The summed E-state index contributed by atoms with van der Waals surface area (Å²) < 4.78 is 0. The van der Waals surface area contributed by atoms with Crippen molar-refractivity contribution in [3.63, 3.8) is 0 Å². The van der Waals surface area contributed by atoms with Crippen LogP contribution in [0.3, 0.4) is 0 Å². The zero-order valence-electron chi connectivity index (χ0n) is 12.3. The molecule has 1 aliphatic rings. The average molecular weight is 268 g/mol. The van der Waals surface area contributed by atoms with E-state index in [-0.39, 0.29) is 5.54 Å². The minimum absolute atomic E-state index is 0.0840. The van der Waals surface area contributed by atoms with Crippen LogP contribution in [0.2, 0.25) is 0 Å². The standard InChI is InChI=1S/C18H24N2/c1-18(14-19,20-11-4-5-12-20)13-16-9-6-8-15-7-2-3-10-17(15)16/h2-3,6-10H,4-5,11-14,19H2,1H3. The first kappa shape index (κ1) is 13.6. The molecule has 0 bridgehead atoms. The van der Waals surface area contributed by atoms with Crippen LogP contribution in [0, 0.1) is 0 Å². The summed E-state index contributed by atoms with van der Waals surface area (Å²) in [4.78, 5) is 2.58. The maximum Gasteiger partial charge on any atom is 0.0344 e. The highest BCUT2D eigenvalue weighted by Gasteiger charge is 2.32. The highest BCUT2D eigenvalue weighted by atomic mass is 15.2. The van der Waals surface area contributed by atoms with Gasteiger partial charge in [0.05, 0.1) is 0 Å². The lowest BCUT2D eigenvalue weighted by Gasteiger charge is -2.38. The van der Waals surface area contributed by atoms with Gasteiger partial charge in [-0.25, -0.2) is 0 Å². The van der Waals surface area contributed by atoms with E-state index in [1.54, 1.807) is 0 Å². The summed E-state index contributed by atoms with van der Waals surface area (Å²) >= 11 is 0. The third-order valence-electron chi connectivity index (χ3n) is 4.76. The molecule has 2 N–H and O–H groups in total. The van der Waals surface area contributed by atoms with E-state index in [2.05, 4.69) is 54.3 Å². The Bertz CT molecular complexity index is 581. The van der Waals surface area contributed by atoms with Crippen molar-refractivity contribution in [2.45, 2.75) is 31.7 Å². The molecule has 0 saturated carbocycles. The zero-order chi connectivity index (χ0) is 14.0. The van der Waals surface area contributed by atoms with Gasteiger partial charge in [-0.1, -0.05) is 42.5 Å². The van der Waals surface area contributed by atoms with Crippen molar-refractivity contribution >= 4 is 10.8 Å². The van der Waals surface area contributed by atoms with Gasteiger partial charge in [0.15, 0.2) is 0 Å². The molecule has 1 saturated heterocycles. The highest BCUT2D eigenvalue weighted by molar-refractivity contribution is 5.85. The molecule has 2 aromatic carbocycles. The van der Waals surface area contributed by atoms with Crippen molar-refractivity contribution in [1.29, 1.82) is 0 Å². The Morgan fingerprint density at radius 2 is 1.75 bits per heavy atom. The van der Waals surface area contributed by atoms with Crippen molar-refractivity contribution in [2.24, 2.45) is 5.73 Å². The van der Waals surface area contributed by atoms with Gasteiger partial charge < -0.3 is 5.73 Å². The van der Waals surface area contributed by atoms with Crippen LogP contribution >= 0.6 is 0 Å². The van der Waals surface area contributed by atoms with Gasteiger partial charge in [0.1, 0.15) is 0 Å². The molecule has 0 aliphatic carbocycles. The third-order valence-corrected chi connectivity index (χ3v) is 4.76. The second-order valence-corrected chi connectivity index (χ2v) is 6.21. The van der Waals surface area contributed by atoms with Gasteiger partial charge in [0.2, 0.25) is 0 Å². The van der Waals surface area contributed by atoms with Gasteiger partial charge in [-0.05, 0) is 55.6 Å². The summed E-state index contributed by atoms with van der Waals surface area (Å²) in [6.45, 7) is 5.42. The number of hydrogen-bond acceptors (Lipinski definition) is 2. The predicted molar refractivity (Wildman–Crippen MR) is 85.9 cm³/mol. The van der Waals surface area contributed by atoms with Crippen molar-refractivity contribution < 1.29 is 0 Å². The molecule has 1 atom stereocenters. The fourth-order valence-electron chi connectivity index (χ4n) is 3.43. The molecular formula is C18H24N2. The van der Waals surface area contributed by atoms with Crippen molar-refractivity contribution in [2.75, 3.05) is 19.6 Å². The number of nitrogens with two attached hydrogens (primary N) is 1. The first-order valence-corrected chi connectivity index (χ1v) is 7.65. The van der Waals surface area contributed by atoms with Crippen LogP contribution in [-0.4, -0.2) is 30.1 Å². The molecule has 3 rings (SSSR count). The van der Waals surface area contributed by atoms with Crippen LogP contribution in [0.1, 0.15) is 25.3 Å². The Morgan fingerprint density at radius 1 is 1.05 bits per heavy atom. The minimum Gasteiger partial charge on any atom is -0.329 e. The van der Waals surface area contributed by atoms with Gasteiger partial charge >= 0.3 is 0 Å². The van der Waals surface area contributed by atoms with Crippen molar-refractivity contribution in [3.8, 4) is 0 Å². The van der Waals surface area contributed by atoms with Gasteiger partial charge in [-0.3, -0.25) is 4.90 Å². The monoisotopic (exact) mass is 268 g/mol. The van der Waals surface area contributed by atoms with Gasteiger partial charge in [0.25, 0.3) is 0 Å². The first-order valence-electron chi connectivity index (χ1n) is 7.65. The molecular weight excluding hydrogens is 244 g/mol. The van der Waals surface area contributed by atoms with E-state index >= 15 is 0 Å². The minimum atomic E-state index is 0.0840. The number of fused-ring (bicyclic) bond motifs is 1. The molecule has 0 amide bonds. The molecule has 0 spiro atoms.